The van der Waals surface area contributed by atoms with Crippen LogP contribution in [0, 0.1) is 5.92 Å². The minimum atomic E-state index is -4.55. The zero-order chi connectivity index (χ0) is 10.9. The quantitative estimate of drug-likeness (QED) is 0.646. The molecule has 5 heteroatoms. The van der Waals surface area contributed by atoms with Crippen LogP contribution in [-0.4, -0.2) is 28.6 Å². The molecule has 2 N–H and O–H groups in total. The summed E-state index contributed by atoms with van der Waals surface area (Å²) in [4.78, 5) is 0. The van der Waals surface area contributed by atoms with Crippen molar-refractivity contribution in [2.75, 3.05) is 0 Å². The maximum Gasteiger partial charge on any atom is 0.414 e. The first-order chi connectivity index (χ1) is 6.36. The highest BCUT2D eigenvalue weighted by Gasteiger charge is 2.43. The summed E-state index contributed by atoms with van der Waals surface area (Å²) in [6.07, 6.45) is -5.82. The summed E-state index contributed by atoms with van der Waals surface area (Å²) in [5.41, 5.74) is -1.01. The summed E-state index contributed by atoms with van der Waals surface area (Å²) >= 11 is 0. The molecule has 14 heavy (non-hydrogen) atoms. The molecule has 82 valence electrons. The fraction of sp³-hybridized carbons (Fsp3) is 0.778. The Labute approximate surface area is 80.0 Å². The molecule has 0 bridgehead atoms. The van der Waals surface area contributed by atoms with Gasteiger partial charge in [-0.1, -0.05) is 13.3 Å². The predicted octanol–water partition coefficient (Wildman–Crippen LogP) is 1.63. The highest BCUT2D eigenvalue weighted by Crippen LogP contribution is 2.37. The highest BCUT2D eigenvalue weighted by molar-refractivity contribution is 5.20. The van der Waals surface area contributed by atoms with Gasteiger partial charge >= 0.3 is 6.18 Å². The van der Waals surface area contributed by atoms with Crippen molar-refractivity contribution in [1.82, 2.24) is 0 Å². The van der Waals surface area contributed by atoms with Gasteiger partial charge in [-0.05, 0) is 18.4 Å². The van der Waals surface area contributed by atoms with Crippen LogP contribution in [0.4, 0.5) is 13.2 Å². The van der Waals surface area contributed by atoms with Crippen LogP contribution in [0.1, 0.15) is 19.8 Å². The van der Waals surface area contributed by atoms with E-state index in [4.69, 9.17) is 0 Å². The normalized spacial score (nSPS) is 34.1. The molecular formula is C9H13F3O2. The van der Waals surface area contributed by atoms with Gasteiger partial charge in [-0.2, -0.15) is 13.2 Å². The van der Waals surface area contributed by atoms with Gasteiger partial charge in [-0.25, -0.2) is 0 Å². The summed E-state index contributed by atoms with van der Waals surface area (Å²) in [6.45, 7) is 1.69. The first-order valence-electron chi connectivity index (χ1n) is 4.51. The fourth-order valence-corrected chi connectivity index (χ4v) is 1.72. The van der Waals surface area contributed by atoms with E-state index in [-0.39, 0.29) is 6.42 Å². The molecule has 0 aliphatic heterocycles. The van der Waals surface area contributed by atoms with Crippen molar-refractivity contribution in [2.24, 2.45) is 5.92 Å². The van der Waals surface area contributed by atoms with Gasteiger partial charge in [-0.3, -0.25) is 0 Å². The average Bonchev–Trinajstić information content (AvgIpc) is 2.06. The van der Waals surface area contributed by atoms with Gasteiger partial charge in [0.05, 0.1) is 17.8 Å². The van der Waals surface area contributed by atoms with Crippen LogP contribution in [0.5, 0.6) is 0 Å². The van der Waals surface area contributed by atoms with Crippen molar-refractivity contribution in [2.45, 2.75) is 38.1 Å². The van der Waals surface area contributed by atoms with Gasteiger partial charge in [-0.15, -0.1) is 0 Å². The number of hydrogen-bond donors (Lipinski definition) is 2. The van der Waals surface area contributed by atoms with Gasteiger partial charge in [0.15, 0.2) is 0 Å². The van der Waals surface area contributed by atoms with Gasteiger partial charge in [0.1, 0.15) is 0 Å². The van der Waals surface area contributed by atoms with Crippen LogP contribution >= 0.6 is 0 Å². The summed E-state index contributed by atoms with van der Waals surface area (Å²) in [7, 11) is 0. The molecule has 0 saturated heterocycles. The number of aliphatic hydroxyl groups is 2. The fourth-order valence-electron chi connectivity index (χ4n) is 1.72. The standard InChI is InChI=1S/C9H13F3O2/c1-2-5-3-6(13)4-7(8(5)14)9(10,11)12/h4-6,8,13-14H,2-3H2,1H3. The molecule has 1 aliphatic carbocycles. The topological polar surface area (TPSA) is 40.5 Å². The number of aliphatic hydroxyl groups excluding tert-OH is 2. The molecule has 0 amide bonds. The van der Waals surface area contributed by atoms with E-state index in [1.807, 2.05) is 0 Å². The average molecular weight is 210 g/mol. The second kappa shape index (κ2) is 3.90. The Morgan fingerprint density at radius 3 is 2.43 bits per heavy atom. The Morgan fingerprint density at radius 2 is 2.00 bits per heavy atom. The van der Waals surface area contributed by atoms with Crippen LogP contribution in [0.2, 0.25) is 0 Å². The van der Waals surface area contributed by atoms with E-state index in [1.54, 1.807) is 6.92 Å². The van der Waals surface area contributed by atoms with Crippen molar-refractivity contribution < 1.29 is 23.4 Å². The predicted molar refractivity (Wildman–Crippen MR) is 44.5 cm³/mol. The van der Waals surface area contributed by atoms with E-state index in [1.165, 1.54) is 0 Å². The van der Waals surface area contributed by atoms with Crippen molar-refractivity contribution in [1.29, 1.82) is 0 Å². The van der Waals surface area contributed by atoms with Crippen LogP contribution in [0.25, 0.3) is 0 Å². The van der Waals surface area contributed by atoms with E-state index in [2.05, 4.69) is 0 Å². The lowest BCUT2D eigenvalue weighted by molar-refractivity contribution is -0.115. The summed E-state index contributed by atoms with van der Waals surface area (Å²) in [5.74, 6) is -0.508. The lowest BCUT2D eigenvalue weighted by Gasteiger charge is -2.31. The van der Waals surface area contributed by atoms with Crippen molar-refractivity contribution in [3.63, 3.8) is 0 Å². The number of rotatable bonds is 1. The van der Waals surface area contributed by atoms with Crippen molar-refractivity contribution in [3.05, 3.63) is 11.6 Å². The molecule has 0 aromatic carbocycles. The van der Waals surface area contributed by atoms with Crippen LogP contribution in [0.15, 0.2) is 11.6 Å². The molecule has 1 aliphatic rings. The van der Waals surface area contributed by atoms with Crippen molar-refractivity contribution >= 4 is 0 Å². The minimum Gasteiger partial charge on any atom is -0.389 e. The van der Waals surface area contributed by atoms with E-state index in [9.17, 15) is 23.4 Å². The lowest BCUT2D eigenvalue weighted by Crippen LogP contribution is -2.37. The van der Waals surface area contributed by atoms with E-state index >= 15 is 0 Å². The number of halogens is 3. The highest BCUT2D eigenvalue weighted by atomic mass is 19.4. The SMILES string of the molecule is CCC1CC(O)C=C(C(F)(F)F)C1O. The molecular weight excluding hydrogens is 197 g/mol. The maximum absolute atomic E-state index is 12.3. The number of hydrogen-bond acceptors (Lipinski definition) is 2. The maximum atomic E-state index is 12.3. The van der Waals surface area contributed by atoms with E-state index in [0.29, 0.717) is 12.5 Å². The lowest BCUT2D eigenvalue weighted by atomic mass is 9.82. The third-order valence-electron chi connectivity index (χ3n) is 2.53. The smallest absolute Gasteiger partial charge is 0.389 e. The largest absolute Gasteiger partial charge is 0.414 e. The Bertz CT molecular complexity index is 235. The molecule has 0 fully saturated rings. The first kappa shape index (κ1) is 11.5. The molecule has 0 saturated carbocycles. The molecule has 0 aromatic heterocycles. The third-order valence-corrected chi connectivity index (χ3v) is 2.53. The Balaban J connectivity index is 2.92. The monoisotopic (exact) mass is 210 g/mol. The molecule has 0 heterocycles. The van der Waals surface area contributed by atoms with E-state index in [0.717, 1.165) is 0 Å². The van der Waals surface area contributed by atoms with Gasteiger partial charge in [0, 0.05) is 0 Å². The van der Waals surface area contributed by atoms with Crippen molar-refractivity contribution in [3.8, 4) is 0 Å². The zero-order valence-electron chi connectivity index (χ0n) is 7.75. The van der Waals surface area contributed by atoms with Crippen LogP contribution < -0.4 is 0 Å². The summed E-state index contributed by atoms with van der Waals surface area (Å²) in [6, 6.07) is 0. The van der Waals surface area contributed by atoms with Gasteiger partial charge in [0.25, 0.3) is 0 Å². The second-order valence-corrected chi connectivity index (χ2v) is 3.54. The molecule has 2 nitrogen and oxygen atoms in total. The van der Waals surface area contributed by atoms with Gasteiger partial charge in [0.2, 0.25) is 0 Å². The molecule has 0 radical (unpaired) electrons. The Kier molecular flexibility index (Phi) is 3.21. The molecule has 1 rings (SSSR count). The summed E-state index contributed by atoms with van der Waals surface area (Å²) in [5, 5.41) is 18.6. The van der Waals surface area contributed by atoms with Crippen LogP contribution in [-0.2, 0) is 0 Å². The van der Waals surface area contributed by atoms with Crippen LogP contribution in [0.3, 0.4) is 0 Å². The molecule has 0 spiro atoms. The van der Waals surface area contributed by atoms with E-state index < -0.39 is 29.9 Å². The second-order valence-electron chi connectivity index (χ2n) is 3.54. The number of alkyl halides is 3. The van der Waals surface area contributed by atoms with Gasteiger partial charge < -0.3 is 10.2 Å². The summed E-state index contributed by atoms with van der Waals surface area (Å²) < 4.78 is 37.0. The first-order valence-corrected chi connectivity index (χ1v) is 4.51. The minimum absolute atomic E-state index is 0.192. The Morgan fingerprint density at radius 1 is 1.43 bits per heavy atom. The Hall–Kier alpha value is -0.550. The molecule has 3 atom stereocenters. The third kappa shape index (κ3) is 2.27. The zero-order valence-corrected chi connectivity index (χ0v) is 7.75. The molecule has 0 aromatic rings. The molecule has 3 unspecified atom stereocenters.